The lowest BCUT2D eigenvalue weighted by atomic mass is 9.95. The van der Waals surface area contributed by atoms with Crippen molar-refractivity contribution in [1.82, 2.24) is 20.2 Å². The Morgan fingerprint density at radius 1 is 1.08 bits per heavy atom. The Balaban J connectivity index is 1.77. The van der Waals surface area contributed by atoms with Crippen molar-refractivity contribution in [1.29, 1.82) is 0 Å². The van der Waals surface area contributed by atoms with Gasteiger partial charge in [0.2, 0.25) is 5.95 Å². The van der Waals surface area contributed by atoms with Gasteiger partial charge >= 0.3 is 0 Å². The Kier molecular flexibility index (Phi) is 3.96. The summed E-state index contributed by atoms with van der Waals surface area (Å²) in [5, 5.41) is 18.0. The Labute approximate surface area is 150 Å². The first kappa shape index (κ1) is 16.0. The van der Waals surface area contributed by atoms with Gasteiger partial charge in [-0.3, -0.25) is 4.79 Å². The minimum Gasteiger partial charge on any atom is -0.326 e. The minimum atomic E-state index is -0.397. The smallest absolute Gasteiger partial charge is 0.255 e. The molecule has 1 amide bonds. The zero-order valence-electron chi connectivity index (χ0n) is 14.5. The summed E-state index contributed by atoms with van der Waals surface area (Å²) >= 11 is 0. The highest BCUT2D eigenvalue weighted by Crippen LogP contribution is 2.34. The third-order valence-electron chi connectivity index (χ3n) is 4.47. The fourth-order valence-electron chi connectivity index (χ4n) is 3.15. The molecule has 3 aromatic rings. The van der Waals surface area contributed by atoms with Crippen molar-refractivity contribution in [2.24, 2.45) is 0 Å². The largest absolute Gasteiger partial charge is 0.326 e. The molecule has 130 valence electrons. The third-order valence-corrected chi connectivity index (χ3v) is 4.47. The van der Waals surface area contributed by atoms with Crippen LogP contribution in [0.15, 0.2) is 65.9 Å². The van der Waals surface area contributed by atoms with Gasteiger partial charge in [-0.25, -0.2) is 0 Å². The van der Waals surface area contributed by atoms with Gasteiger partial charge < -0.3 is 10.6 Å². The first-order valence-electron chi connectivity index (χ1n) is 8.32. The van der Waals surface area contributed by atoms with Crippen molar-refractivity contribution in [2.45, 2.75) is 19.9 Å². The molecular formula is C19H18N6O. The van der Waals surface area contributed by atoms with Crippen molar-refractivity contribution >= 4 is 17.5 Å². The summed E-state index contributed by atoms with van der Waals surface area (Å²) in [6.07, 6.45) is 0. The van der Waals surface area contributed by atoms with Crippen LogP contribution in [0.4, 0.5) is 11.6 Å². The van der Waals surface area contributed by atoms with Gasteiger partial charge in [-0.2, -0.15) is 4.68 Å². The molecule has 0 bridgehead atoms. The van der Waals surface area contributed by atoms with E-state index in [0.717, 1.165) is 22.5 Å². The highest BCUT2D eigenvalue weighted by atomic mass is 16.1. The Hall–Kier alpha value is -3.48. The van der Waals surface area contributed by atoms with Crippen LogP contribution in [0.2, 0.25) is 0 Å². The number of anilines is 2. The lowest BCUT2D eigenvalue weighted by Crippen LogP contribution is -2.31. The summed E-state index contributed by atoms with van der Waals surface area (Å²) in [7, 11) is 0. The van der Waals surface area contributed by atoms with Gasteiger partial charge in [-0.05, 0) is 41.5 Å². The van der Waals surface area contributed by atoms with Gasteiger partial charge in [0.25, 0.3) is 5.91 Å². The molecule has 2 aromatic carbocycles. The van der Waals surface area contributed by atoms with E-state index >= 15 is 0 Å². The second-order valence-electron chi connectivity index (χ2n) is 6.19. The number of tetrazole rings is 1. The van der Waals surface area contributed by atoms with Gasteiger partial charge in [0.1, 0.15) is 6.04 Å². The predicted octanol–water partition coefficient (Wildman–Crippen LogP) is 2.91. The Morgan fingerprint density at radius 3 is 2.58 bits per heavy atom. The van der Waals surface area contributed by atoms with Crippen LogP contribution in [0, 0.1) is 6.92 Å². The number of hydrogen-bond acceptors (Lipinski definition) is 5. The van der Waals surface area contributed by atoms with Crippen molar-refractivity contribution < 1.29 is 4.79 Å². The summed E-state index contributed by atoms with van der Waals surface area (Å²) in [6, 6.07) is 17.0. The molecule has 7 heteroatoms. The number of nitrogens with one attached hydrogen (secondary N) is 2. The van der Waals surface area contributed by atoms with Gasteiger partial charge in [0.05, 0.1) is 5.57 Å². The number of carbonyl (C=O) groups is 1. The van der Waals surface area contributed by atoms with Crippen LogP contribution in [0.5, 0.6) is 0 Å². The zero-order valence-corrected chi connectivity index (χ0v) is 14.5. The van der Waals surface area contributed by atoms with E-state index in [0.29, 0.717) is 11.5 Å². The number of hydrogen-bond donors (Lipinski definition) is 2. The van der Waals surface area contributed by atoms with Crippen molar-refractivity contribution in [3.8, 4) is 0 Å². The first-order chi connectivity index (χ1) is 12.6. The lowest BCUT2D eigenvalue weighted by molar-refractivity contribution is -0.113. The van der Waals surface area contributed by atoms with E-state index in [1.54, 1.807) is 4.68 Å². The summed E-state index contributed by atoms with van der Waals surface area (Å²) in [4.78, 5) is 13.2. The Morgan fingerprint density at radius 2 is 1.81 bits per heavy atom. The number of para-hydroxylation sites is 1. The normalized spacial score (nSPS) is 16.0. The quantitative estimate of drug-likeness (QED) is 0.762. The monoisotopic (exact) mass is 346 g/mol. The highest BCUT2D eigenvalue weighted by molar-refractivity contribution is 6.06. The number of benzene rings is 2. The van der Waals surface area contributed by atoms with Crippen LogP contribution in [-0.4, -0.2) is 26.1 Å². The summed E-state index contributed by atoms with van der Waals surface area (Å²) in [6.45, 7) is 3.82. The molecule has 1 aliphatic rings. The van der Waals surface area contributed by atoms with Gasteiger partial charge in [0, 0.05) is 11.4 Å². The molecule has 1 aromatic heterocycles. The van der Waals surface area contributed by atoms with E-state index in [1.807, 2.05) is 68.4 Å². The zero-order chi connectivity index (χ0) is 18.1. The van der Waals surface area contributed by atoms with Crippen molar-refractivity contribution in [3.63, 3.8) is 0 Å². The number of aromatic nitrogens is 4. The van der Waals surface area contributed by atoms with Gasteiger partial charge in [0.15, 0.2) is 0 Å². The summed E-state index contributed by atoms with van der Waals surface area (Å²) in [5.74, 6) is 0.336. The van der Waals surface area contributed by atoms with Crippen molar-refractivity contribution in [3.05, 3.63) is 77.0 Å². The molecule has 2 heterocycles. The second kappa shape index (κ2) is 6.44. The first-order valence-corrected chi connectivity index (χ1v) is 8.32. The number of carbonyl (C=O) groups excluding carboxylic acids is 1. The average molecular weight is 346 g/mol. The van der Waals surface area contributed by atoms with Gasteiger partial charge in [-0.15, -0.1) is 0 Å². The molecule has 0 fully saturated rings. The maximum absolute atomic E-state index is 13.2. The van der Waals surface area contributed by atoms with Gasteiger partial charge in [-0.1, -0.05) is 53.6 Å². The molecule has 0 radical (unpaired) electrons. The SMILES string of the molecule is CC1=C(C(=O)Nc2ccccc2C)C(c2ccccc2)n2nnnc2N1. The average Bonchev–Trinajstić information content (AvgIpc) is 3.11. The fourth-order valence-corrected chi connectivity index (χ4v) is 3.15. The molecule has 1 unspecified atom stereocenters. The molecule has 4 rings (SSSR count). The van der Waals surface area contributed by atoms with E-state index in [4.69, 9.17) is 0 Å². The molecule has 1 atom stereocenters. The summed E-state index contributed by atoms with van der Waals surface area (Å²) in [5.41, 5.74) is 4.04. The lowest BCUT2D eigenvalue weighted by Gasteiger charge is -2.28. The molecule has 0 aliphatic carbocycles. The van der Waals surface area contributed by atoms with E-state index in [1.165, 1.54) is 0 Å². The number of aryl methyl sites for hydroxylation is 1. The van der Waals surface area contributed by atoms with Crippen LogP contribution >= 0.6 is 0 Å². The second-order valence-corrected chi connectivity index (χ2v) is 6.19. The van der Waals surface area contributed by atoms with Crippen molar-refractivity contribution in [2.75, 3.05) is 10.6 Å². The Bertz CT molecular complexity index is 992. The van der Waals surface area contributed by atoms with E-state index in [2.05, 4.69) is 26.2 Å². The van der Waals surface area contributed by atoms with E-state index in [9.17, 15) is 4.79 Å². The van der Waals surface area contributed by atoms with Crippen LogP contribution in [-0.2, 0) is 4.79 Å². The number of amides is 1. The standard InChI is InChI=1S/C19H18N6O/c1-12-8-6-7-11-15(12)21-18(26)16-13(2)20-19-22-23-24-25(19)17(16)14-9-4-3-5-10-14/h3-11,17H,1-2H3,(H,21,26)(H,20,22,24). The molecule has 1 aliphatic heterocycles. The molecule has 0 saturated heterocycles. The number of allylic oxidation sites excluding steroid dienone is 1. The van der Waals surface area contributed by atoms with Crippen LogP contribution in [0.3, 0.4) is 0 Å². The topological polar surface area (TPSA) is 84.7 Å². The molecule has 0 saturated carbocycles. The fraction of sp³-hybridized carbons (Fsp3) is 0.158. The predicted molar refractivity (Wildman–Crippen MR) is 98.5 cm³/mol. The number of nitrogens with zero attached hydrogens (tertiary/aromatic N) is 4. The number of fused-ring (bicyclic) bond motifs is 1. The maximum Gasteiger partial charge on any atom is 0.255 e. The maximum atomic E-state index is 13.2. The molecule has 26 heavy (non-hydrogen) atoms. The van der Waals surface area contributed by atoms with Crippen LogP contribution < -0.4 is 10.6 Å². The highest BCUT2D eigenvalue weighted by Gasteiger charge is 2.33. The molecule has 0 spiro atoms. The molecule has 7 nitrogen and oxygen atoms in total. The van der Waals surface area contributed by atoms with E-state index < -0.39 is 6.04 Å². The minimum absolute atomic E-state index is 0.181. The van der Waals surface area contributed by atoms with Crippen LogP contribution in [0.1, 0.15) is 24.1 Å². The molecular weight excluding hydrogens is 328 g/mol. The van der Waals surface area contributed by atoms with Crippen LogP contribution in [0.25, 0.3) is 0 Å². The molecule has 2 N–H and O–H groups in total. The summed E-state index contributed by atoms with van der Waals surface area (Å²) < 4.78 is 1.63. The van der Waals surface area contributed by atoms with E-state index in [-0.39, 0.29) is 5.91 Å². The third kappa shape index (κ3) is 2.73. The number of rotatable bonds is 3.